The highest BCUT2D eigenvalue weighted by Gasteiger charge is 2.31. The second-order valence-corrected chi connectivity index (χ2v) is 6.96. The molecule has 0 bridgehead atoms. The first-order valence-electron chi connectivity index (χ1n) is 9.72. The van der Waals surface area contributed by atoms with Crippen molar-refractivity contribution in [3.05, 3.63) is 0 Å². The molecule has 0 aromatic rings. The highest BCUT2D eigenvalue weighted by molar-refractivity contribution is 5.94. The molecule has 0 rings (SSSR count). The summed E-state index contributed by atoms with van der Waals surface area (Å²) in [5, 5.41) is 25.4. The zero-order valence-corrected chi connectivity index (χ0v) is 17.7. The molecule has 15 nitrogen and oxygen atoms in total. The van der Waals surface area contributed by atoms with Crippen LogP contribution in [0.3, 0.4) is 0 Å². The maximum absolute atomic E-state index is 12.6. The van der Waals surface area contributed by atoms with Gasteiger partial charge in [-0.1, -0.05) is 0 Å². The Kier molecular flexibility index (Phi) is 13.0. The van der Waals surface area contributed by atoms with Gasteiger partial charge in [-0.15, -0.1) is 0 Å². The van der Waals surface area contributed by atoms with E-state index in [1.807, 2.05) is 0 Å². The average molecular weight is 460 g/mol. The molecular weight excluding hydrogens is 428 g/mol. The van der Waals surface area contributed by atoms with Crippen LogP contribution in [0.1, 0.15) is 32.6 Å². The summed E-state index contributed by atoms with van der Waals surface area (Å²) < 4.78 is 0. The van der Waals surface area contributed by atoms with Gasteiger partial charge in [0.15, 0.2) is 5.96 Å². The first-order chi connectivity index (χ1) is 14.8. The third kappa shape index (κ3) is 12.3. The third-order valence-corrected chi connectivity index (χ3v) is 4.09. The first-order valence-corrected chi connectivity index (χ1v) is 9.72. The molecule has 0 radical (unpaired) electrons. The Labute approximate surface area is 184 Å². The second-order valence-electron chi connectivity index (χ2n) is 6.96. The monoisotopic (exact) mass is 460 g/mol. The van der Waals surface area contributed by atoms with Crippen molar-refractivity contribution in [1.82, 2.24) is 16.0 Å². The van der Waals surface area contributed by atoms with Gasteiger partial charge in [0.2, 0.25) is 23.6 Å². The summed E-state index contributed by atoms with van der Waals surface area (Å²) >= 11 is 0. The third-order valence-electron chi connectivity index (χ3n) is 4.09. The standard InChI is InChI=1S/C17H32N8O7/c1-8(26)13(25-14(30)9(18)4-5-11(19)27)16(32)24-10(3-2-6-22-17(20)21)15(31)23-7-12(28)29/h8-10,13,26H,2-7,18H2,1H3,(H2,19,27)(H,23,31)(H,24,32)(H,25,30)(H,28,29)(H4,20,21,22). The summed E-state index contributed by atoms with van der Waals surface area (Å²) in [5.74, 6) is -4.62. The number of hydrogen-bond acceptors (Lipinski definition) is 8. The van der Waals surface area contributed by atoms with Crippen LogP contribution < -0.4 is 38.9 Å². The Morgan fingerprint density at radius 3 is 2.09 bits per heavy atom. The zero-order valence-electron chi connectivity index (χ0n) is 17.7. The Bertz CT molecular complexity index is 709. The molecule has 13 N–H and O–H groups in total. The van der Waals surface area contributed by atoms with E-state index in [1.54, 1.807) is 0 Å². The number of aliphatic hydroxyl groups excluding tert-OH is 1. The molecule has 0 spiro atoms. The molecule has 4 atom stereocenters. The molecule has 182 valence electrons. The van der Waals surface area contributed by atoms with Crippen LogP contribution in [-0.2, 0) is 24.0 Å². The number of nitrogens with one attached hydrogen (secondary N) is 3. The Balaban J connectivity index is 5.22. The molecule has 0 fully saturated rings. The van der Waals surface area contributed by atoms with Crippen molar-refractivity contribution in [2.45, 2.75) is 56.8 Å². The number of carbonyl (C=O) groups excluding carboxylic acids is 4. The van der Waals surface area contributed by atoms with E-state index in [2.05, 4.69) is 20.9 Å². The lowest BCUT2D eigenvalue weighted by molar-refractivity contribution is -0.139. The number of rotatable bonds is 15. The molecule has 32 heavy (non-hydrogen) atoms. The highest BCUT2D eigenvalue weighted by atomic mass is 16.4. The maximum Gasteiger partial charge on any atom is 0.322 e. The lowest BCUT2D eigenvalue weighted by Crippen LogP contribution is -2.59. The highest BCUT2D eigenvalue weighted by Crippen LogP contribution is 2.03. The van der Waals surface area contributed by atoms with E-state index in [4.69, 9.17) is 28.0 Å². The molecule has 15 heteroatoms. The molecule has 0 aliphatic carbocycles. The smallest absolute Gasteiger partial charge is 0.322 e. The second kappa shape index (κ2) is 14.5. The molecule has 0 heterocycles. The Hall–Kier alpha value is -3.46. The van der Waals surface area contributed by atoms with Crippen molar-refractivity contribution in [2.24, 2.45) is 27.9 Å². The predicted molar refractivity (Wildman–Crippen MR) is 113 cm³/mol. The van der Waals surface area contributed by atoms with Crippen molar-refractivity contribution in [3.63, 3.8) is 0 Å². The number of nitrogens with zero attached hydrogens (tertiary/aromatic N) is 1. The van der Waals surface area contributed by atoms with Gasteiger partial charge >= 0.3 is 5.97 Å². The van der Waals surface area contributed by atoms with E-state index in [-0.39, 0.29) is 38.2 Å². The molecule has 0 saturated carbocycles. The van der Waals surface area contributed by atoms with E-state index >= 15 is 0 Å². The van der Waals surface area contributed by atoms with Gasteiger partial charge in [-0.25, -0.2) is 0 Å². The van der Waals surface area contributed by atoms with Crippen molar-refractivity contribution < 1.29 is 34.2 Å². The van der Waals surface area contributed by atoms with Gasteiger partial charge in [0.25, 0.3) is 0 Å². The van der Waals surface area contributed by atoms with Crippen LogP contribution in [0.5, 0.6) is 0 Å². The van der Waals surface area contributed by atoms with Gasteiger partial charge in [-0.3, -0.25) is 29.0 Å². The SMILES string of the molecule is CC(O)C(NC(=O)C(N)CCC(N)=O)C(=O)NC(CCCN=C(N)N)C(=O)NCC(=O)O. The molecule has 0 aromatic carbocycles. The Morgan fingerprint density at radius 2 is 1.59 bits per heavy atom. The molecular formula is C17H32N8O7. The number of hydrogen-bond donors (Lipinski definition) is 9. The van der Waals surface area contributed by atoms with Gasteiger partial charge in [-0.05, 0) is 26.2 Å². The van der Waals surface area contributed by atoms with Crippen molar-refractivity contribution >= 4 is 35.6 Å². The predicted octanol–water partition coefficient (Wildman–Crippen LogP) is -4.82. The topological polar surface area (TPSA) is 278 Å². The van der Waals surface area contributed by atoms with Crippen LogP contribution in [-0.4, -0.2) is 83.1 Å². The number of aliphatic hydroxyl groups is 1. The van der Waals surface area contributed by atoms with E-state index in [0.717, 1.165) is 0 Å². The number of aliphatic imine (C=N–C) groups is 1. The van der Waals surface area contributed by atoms with Crippen LogP contribution in [0.4, 0.5) is 0 Å². The normalized spacial score (nSPS) is 14.2. The number of primary amides is 1. The largest absolute Gasteiger partial charge is 0.480 e. The lowest BCUT2D eigenvalue weighted by atomic mass is 10.1. The molecule has 4 unspecified atom stereocenters. The van der Waals surface area contributed by atoms with Crippen LogP contribution in [0.15, 0.2) is 4.99 Å². The number of aliphatic carboxylic acids is 1. The number of amides is 4. The fourth-order valence-electron chi connectivity index (χ4n) is 2.41. The van der Waals surface area contributed by atoms with Gasteiger partial charge in [0, 0.05) is 13.0 Å². The minimum absolute atomic E-state index is 0.0343. The van der Waals surface area contributed by atoms with E-state index in [9.17, 15) is 29.1 Å². The van der Waals surface area contributed by atoms with Crippen LogP contribution >= 0.6 is 0 Å². The molecule has 4 amide bonds. The van der Waals surface area contributed by atoms with E-state index in [0.29, 0.717) is 0 Å². The van der Waals surface area contributed by atoms with Gasteiger partial charge in [0.1, 0.15) is 18.6 Å². The van der Waals surface area contributed by atoms with Crippen molar-refractivity contribution in [1.29, 1.82) is 0 Å². The minimum Gasteiger partial charge on any atom is -0.480 e. The minimum atomic E-state index is -1.48. The molecule has 0 aliphatic heterocycles. The van der Waals surface area contributed by atoms with E-state index in [1.165, 1.54) is 6.92 Å². The molecule has 0 saturated heterocycles. The summed E-state index contributed by atoms with van der Waals surface area (Å²) in [4.78, 5) is 62.4. The zero-order chi connectivity index (χ0) is 24.8. The summed E-state index contributed by atoms with van der Waals surface area (Å²) in [6, 6.07) is -3.84. The average Bonchev–Trinajstić information content (AvgIpc) is 2.69. The number of carbonyl (C=O) groups is 5. The molecule has 0 aromatic heterocycles. The quantitative estimate of drug-likeness (QED) is 0.0638. The fourth-order valence-corrected chi connectivity index (χ4v) is 2.41. The van der Waals surface area contributed by atoms with Crippen LogP contribution in [0.2, 0.25) is 0 Å². The first kappa shape index (κ1) is 28.5. The number of nitrogens with two attached hydrogens (primary N) is 4. The van der Waals surface area contributed by atoms with Crippen molar-refractivity contribution in [2.75, 3.05) is 13.1 Å². The number of carboxylic acids is 1. The van der Waals surface area contributed by atoms with Gasteiger partial charge < -0.3 is 49.1 Å². The van der Waals surface area contributed by atoms with Crippen LogP contribution in [0.25, 0.3) is 0 Å². The lowest BCUT2D eigenvalue weighted by Gasteiger charge is -2.25. The number of guanidine groups is 1. The summed E-state index contributed by atoms with van der Waals surface area (Å²) in [5.41, 5.74) is 21.1. The number of carboxylic acid groups (broad SMARTS) is 1. The van der Waals surface area contributed by atoms with E-state index < -0.39 is 60.4 Å². The van der Waals surface area contributed by atoms with Gasteiger partial charge in [-0.2, -0.15) is 0 Å². The molecule has 0 aliphatic rings. The Morgan fingerprint density at radius 1 is 0.969 bits per heavy atom. The van der Waals surface area contributed by atoms with Gasteiger partial charge in [0.05, 0.1) is 12.1 Å². The summed E-state index contributed by atoms with van der Waals surface area (Å²) in [6.45, 7) is 0.703. The van der Waals surface area contributed by atoms with Crippen LogP contribution in [0, 0.1) is 0 Å². The maximum atomic E-state index is 12.6. The van der Waals surface area contributed by atoms with Crippen molar-refractivity contribution in [3.8, 4) is 0 Å². The fraction of sp³-hybridized carbons (Fsp3) is 0.647. The summed E-state index contributed by atoms with van der Waals surface area (Å²) in [6.07, 6.45) is -1.30. The summed E-state index contributed by atoms with van der Waals surface area (Å²) in [7, 11) is 0.